The van der Waals surface area contributed by atoms with Crippen LogP contribution in [-0.4, -0.2) is 61.1 Å². The number of azide groups is 1. The van der Waals surface area contributed by atoms with Gasteiger partial charge in [-0.15, -0.1) is 0 Å². The van der Waals surface area contributed by atoms with Gasteiger partial charge in [-0.3, -0.25) is 19.2 Å². The van der Waals surface area contributed by atoms with Gasteiger partial charge in [-0.1, -0.05) is 60.5 Å². The molecule has 0 aliphatic carbocycles. The molecular formula is C26H43N3O9. The maximum Gasteiger partial charge on any atom is 0.306 e. The van der Waals surface area contributed by atoms with Crippen LogP contribution in [0.2, 0.25) is 0 Å². The topological polar surface area (TPSA) is 163 Å². The van der Waals surface area contributed by atoms with Gasteiger partial charge in [0.25, 0.3) is 0 Å². The molecule has 0 aromatic rings. The van der Waals surface area contributed by atoms with Crippen LogP contribution in [0.1, 0.15) is 81.1 Å². The van der Waals surface area contributed by atoms with Crippen LogP contribution in [0.5, 0.6) is 0 Å². The molecule has 1 fully saturated rings. The van der Waals surface area contributed by atoms with Crippen molar-refractivity contribution in [1.29, 1.82) is 0 Å². The normalized spacial score (nSPS) is 23.2. The van der Waals surface area contributed by atoms with E-state index in [0.29, 0.717) is 0 Å². The van der Waals surface area contributed by atoms with E-state index in [0.717, 1.165) is 0 Å². The van der Waals surface area contributed by atoms with Crippen LogP contribution in [-0.2, 0) is 42.9 Å². The first-order valence-corrected chi connectivity index (χ1v) is 13.2. The predicted octanol–water partition coefficient (Wildman–Crippen LogP) is 4.48. The van der Waals surface area contributed by atoms with E-state index in [1.807, 2.05) is 55.4 Å². The number of hydrogen-bond acceptors (Lipinski definition) is 10. The zero-order chi connectivity index (χ0) is 29.0. The lowest BCUT2D eigenvalue weighted by Gasteiger charge is -2.43. The van der Waals surface area contributed by atoms with Crippen LogP contribution in [0.3, 0.4) is 0 Å². The van der Waals surface area contributed by atoms with Crippen molar-refractivity contribution in [2.24, 2.45) is 28.8 Å². The summed E-state index contributed by atoms with van der Waals surface area (Å²) in [5.41, 5.74) is 9.18. The Morgan fingerprint density at radius 1 is 0.684 bits per heavy atom. The van der Waals surface area contributed by atoms with Crippen molar-refractivity contribution in [3.05, 3.63) is 10.4 Å². The highest BCUT2D eigenvalue weighted by Crippen LogP contribution is 2.31. The lowest BCUT2D eigenvalue weighted by Crippen LogP contribution is -2.62. The van der Waals surface area contributed by atoms with Crippen molar-refractivity contribution >= 4 is 23.9 Å². The van der Waals surface area contributed by atoms with E-state index in [1.54, 1.807) is 0 Å². The molecule has 1 aliphatic rings. The highest BCUT2D eigenvalue weighted by molar-refractivity contribution is 5.72. The number of rotatable bonds is 14. The first-order valence-electron chi connectivity index (χ1n) is 13.2. The first kappa shape index (κ1) is 33.2. The summed E-state index contributed by atoms with van der Waals surface area (Å²) in [7, 11) is 0. The van der Waals surface area contributed by atoms with Gasteiger partial charge in [0, 0.05) is 30.6 Å². The fourth-order valence-corrected chi connectivity index (χ4v) is 3.74. The van der Waals surface area contributed by atoms with Gasteiger partial charge < -0.3 is 23.7 Å². The SMILES string of the molecule is CC(C)CC(=O)OC[C@H]1O[C@@H](N=[N+]=[N-])[C@H](OC(=O)CC(C)C)[C@@H](OC(=O)CC(C)C)[C@H]1OC(=O)CC(C)C. The molecule has 0 amide bonds. The lowest BCUT2D eigenvalue weighted by molar-refractivity contribution is -0.253. The monoisotopic (exact) mass is 541 g/mol. The molecule has 1 heterocycles. The Morgan fingerprint density at radius 2 is 1.08 bits per heavy atom. The van der Waals surface area contributed by atoms with Crippen LogP contribution in [0.25, 0.3) is 10.4 Å². The minimum atomic E-state index is -1.43. The summed E-state index contributed by atoms with van der Waals surface area (Å²) in [6.07, 6.45) is -6.37. The van der Waals surface area contributed by atoms with Gasteiger partial charge in [0.15, 0.2) is 24.5 Å². The summed E-state index contributed by atoms with van der Waals surface area (Å²) < 4.78 is 28.3. The van der Waals surface area contributed by atoms with Crippen LogP contribution < -0.4 is 0 Å². The van der Waals surface area contributed by atoms with Crippen molar-refractivity contribution in [2.75, 3.05) is 6.61 Å². The lowest BCUT2D eigenvalue weighted by atomic mass is 9.97. The Balaban J connectivity index is 3.46. The average molecular weight is 542 g/mol. The molecule has 216 valence electrons. The Hall–Kier alpha value is -2.85. The molecule has 0 aromatic heterocycles. The number of ether oxygens (including phenoxy) is 5. The Bertz CT molecular complexity index is 853. The van der Waals surface area contributed by atoms with Crippen molar-refractivity contribution in [2.45, 2.75) is 112 Å². The standard InChI is InChI=1S/C26H43N3O9/c1-14(2)9-19(30)34-13-18-23(36-20(31)10-15(3)4)24(37-21(32)11-16(5)6)25(26(35-18)28-29-27)38-22(33)12-17(7)8/h14-18,23-26H,9-13H2,1-8H3/t18-,23+,24+,25-,26-/m1/s1. The van der Waals surface area contributed by atoms with Gasteiger partial charge in [0.1, 0.15) is 12.7 Å². The highest BCUT2D eigenvalue weighted by Gasteiger charge is 2.52. The van der Waals surface area contributed by atoms with Crippen molar-refractivity contribution < 1.29 is 42.9 Å². The Morgan fingerprint density at radius 3 is 1.50 bits per heavy atom. The average Bonchev–Trinajstić information content (AvgIpc) is 2.74. The summed E-state index contributed by atoms with van der Waals surface area (Å²) in [5, 5.41) is 3.61. The van der Waals surface area contributed by atoms with E-state index < -0.39 is 54.5 Å². The first-order chi connectivity index (χ1) is 17.7. The summed E-state index contributed by atoms with van der Waals surface area (Å²) in [4.78, 5) is 53.2. The number of carbonyl (C=O) groups is 4. The number of hydrogen-bond donors (Lipinski definition) is 0. The molecule has 0 bridgehead atoms. The fraction of sp³-hybridized carbons (Fsp3) is 0.846. The molecule has 0 N–H and O–H groups in total. The summed E-state index contributed by atoms with van der Waals surface area (Å²) in [5.74, 6) is -2.46. The van der Waals surface area contributed by atoms with Gasteiger partial charge in [0.2, 0.25) is 0 Å². The molecule has 38 heavy (non-hydrogen) atoms. The molecular weight excluding hydrogens is 498 g/mol. The number of nitrogens with zero attached hydrogens (tertiary/aromatic N) is 3. The Kier molecular flexibility index (Phi) is 14.1. The number of esters is 4. The predicted molar refractivity (Wildman–Crippen MR) is 136 cm³/mol. The molecule has 0 spiro atoms. The molecule has 1 saturated heterocycles. The molecule has 0 saturated carbocycles. The van der Waals surface area contributed by atoms with E-state index in [-0.39, 0.29) is 56.0 Å². The van der Waals surface area contributed by atoms with Gasteiger partial charge in [-0.2, -0.15) is 0 Å². The largest absolute Gasteiger partial charge is 0.463 e. The van der Waals surface area contributed by atoms with Gasteiger partial charge in [-0.25, -0.2) is 0 Å². The summed E-state index contributed by atoms with van der Waals surface area (Å²) in [6.45, 7) is 14.3. The zero-order valence-corrected chi connectivity index (χ0v) is 23.7. The van der Waals surface area contributed by atoms with Gasteiger partial charge in [-0.05, 0) is 29.2 Å². The molecule has 1 aliphatic heterocycles. The number of carbonyl (C=O) groups excluding carboxylic acids is 4. The van der Waals surface area contributed by atoms with Gasteiger partial charge in [0.05, 0.1) is 0 Å². The Labute approximate surface area is 224 Å². The second-order valence-corrected chi connectivity index (χ2v) is 11.2. The van der Waals surface area contributed by atoms with Crippen molar-refractivity contribution in [3.63, 3.8) is 0 Å². The zero-order valence-electron chi connectivity index (χ0n) is 23.7. The molecule has 1 rings (SSSR count). The second-order valence-electron chi connectivity index (χ2n) is 11.2. The van der Waals surface area contributed by atoms with E-state index in [9.17, 15) is 24.7 Å². The van der Waals surface area contributed by atoms with E-state index >= 15 is 0 Å². The van der Waals surface area contributed by atoms with E-state index in [1.165, 1.54) is 0 Å². The van der Waals surface area contributed by atoms with E-state index in [2.05, 4.69) is 10.0 Å². The third-order valence-electron chi connectivity index (χ3n) is 5.29. The highest BCUT2D eigenvalue weighted by atomic mass is 16.7. The molecule has 0 radical (unpaired) electrons. The van der Waals surface area contributed by atoms with Gasteiger partial charge >= 0.3 is 23.9 Å². The maximum absolute atomic E-state index is 12.8. The third kappa shape index (κ3) is 12.1. The summed E-state index contributed by atoms with van der Waals surface area (Å²) in [6, 6.07) is 0. The quantitative estimate of drug-likeness (QED) is 0.101. The van der Waals surface area contributed by atoms with Crippen molar-refractivity contribution in [3.8, 4) is 0 Å². The van der Waals surface area contributed by atoms with Crippen LogP contribution in [0, 0.1) is 23.7 Å². The minimum absolute atomic E-state index is 0.0353. The summed E-state index contributed by atoms with van der Waals surface area (Å²) >= 11 is 0. The fourth-order valence-electron chi connectivity index (χ4n) is 3.74. The maximum atomic E-state index is 12.8. The van der Waals surface area contributed by atoms with Crippen LogP contribution in [0.15, 0.2) is 5.11 Å². The second kappa shape index (κ2) is 16.2. The molecule has 0 aromatic carbocycles. The smallest absolute Gasteiger partial charge is 0.306 e. The molecule has 12 heteroatoms. The van der Waals surface area contributed by atoms with Crippen LogP contribution in [0.4, 0.5) is 0 Å². The van der Waals surface area contributed by atoms with Crippen LogP contribution >= 0.6 is 0 Å². The molecule has 5 atom stereocenters. The molecule has 12 nitrogen and oxygen atoms in total. The third-order valence-corrected chi connectivity index (χ3v) is 5.29. The van der Waals surface area contributed by atoms with E-state index in [4.69, 9.17) is 23.7 Å². The molecule has 0 unspecified atom stereocenters. The minimum Gasteiger partial charge on any atom is -0.463 e. The van der Waals surface area contributed by atoms with Crippen molar-refractivity contribution in [1.82, 2.24) is 0 Å².